The van der Waals surface area contributed by atoms with Crippen LogP contribution in [0.25, 0.3) is 0 Å². The van der Waals surface area contributed by atoms with Gasteiger partial charge in [0.05, 0.1) is 12.7 Å². The largest absolute Gasteiger partial charge is 0.375 e. The van der Waals surface area contributed by atoms with Crippen molar-refractivity contribution in [3.8, 4) is 0 Å². The number of rotatable bonds is 5. The first kappa shape index (κ1) is 23.0. The summed E-state index contributed by atoms with van der Waals surface area (Å²) in [5.41, 5.74) is 2.61. The summed E-state index contributed by atoms with van der Waals surface area (Å²) in [5.74, 6) is 1.21. The summed E-state index contributed by atoms with van der Waals surface area (Å²) in [7, 11) is 1.86. The zero-order valence-electron chi connectivity index (χ0n) is 17.6. The quantitative estimate of drug-likeness (QED) is 0.369. The normalized spacial score (nSPS) is 22.1. The van der Waals surface area contributed by atoms with E-state index in [2.05, 4.69) is 75.9 Å². The maximum atomic E-state index is 6.00. The number of benzene rings is 2. The topological polar surface area (TPSA) is 46.1 Å². The molecule has 5 nitrogen and oxygen atoms in total. The van der Waals surface area contributed by atoms with Crippen molar-refractivity contribution in [3.05, 3.63) is 71.8 Å². The molecule has 0 amide bonds. The molecular formula is C24H32IN3O2. The van der Waals surface area contributed by atoms with Crippen molar-refractivity contribution in [2.75, 3.05) is 39.9 Å². The monoisotopic (exact) mass is 521 g/mol. The SMILES string of the molecule is CN=C(NCC(c1ccccc1)c1ccccc1)N1CCOC(C2CCCO2)C1.I. The van der Waals surface area contributed by atoms with Crippen LogP contribution in [0.4, 0.5) is 0 Å². The van der Waals surface area contributed by atoms with Gasteiger partial charge in [-0.15, -0.1) is 24.0 Å². The molecule has 162 valence electrons. The molecule has 4 rings (SSSR count). The summed E-state index contributed by atoms with van der Waals surface area (Å²) >= 11 is 0. The third-order valence-corrected chi connectivity index (χ3v) is 5.85. The first-order valence-corrected chi connectivity index (χ1v) is 10.6. The van der Waals surface area contributed by atoms with E-state index in [9.17, 15) is 0 Å². The fourth-order valence-electron chi connectivity index (χ4n) is 4.31. The molecule has 2 unspecified atom stereocenters. The molecule has 2 saturated heterocycles. The predicted molar refractivity (Wildman–Crippen MR) is 132 cm³/mol. The molecule has 2 atom stereocenters. The van der Waals surface area contributed by atoms with Crippen molar-refractivity contribution < 1.29 is 9.47 Å². The summed E-state index contributed by atoms with van der Waals surface area (Å²) in [6.45, 7) is 4.04. The van der Waals surface area contributed by atoms with Crippen LogP contribution in [0, 0.1) is 0 Å². The minimum Gasteiger partial charge on any atom is -0.375 e. The van der Waals surface area contributed by atoms with Crippen molar-refractivity contribution in [3.63, 3.8) is 0 Å². The molecule has 2 aromatic carbocycles. The van der Waals surface area contributed by atoms with Gasteiger partial charge >= 0.3 is 0 Å². The highest BCUT2D eigenvalue weighted by molar-refractivity contribution is 14.0. The van der Waals surface area contributed by atoms with E-state index in [1.165, 1.54) is 11.1 Å². The van der Waals surface area contributed by atoms with Gasteiger partial charge in [-0.25, -0.2) is 0 Å². The molecule has 0 radical (unpaired) electrons. The number of hydrogen-bond acceptors (Lipinski definition) is 3. The molecule has 2 heterocycles. The summed E-state index contributed by atoms with van der Waals surface area (Å²) in [5, 5.41) is 3.63. The van der Waals surface area contributed by atoms with E-state index in [4.69, 9.17) is 9.47 Å². The fourth-order valence-corrected chi connectivity index (χ4v) is 4.31. The predicted octanol–water partition coefficient (Wildman–Crippen LogP) is 3.89. The number of guanidine groups is 1. The van der Waals surface area contributed by atoms with Crippen LogP contribution < -0.4 is 5.32 Å². The molecule has 0 bridgehead atoms. The van der Waals surface area contributed by atoms with E-state index in [0.29, 0.717) is 6.61 Å². The van der Waals surface area contributed by atoms with Gasteiger partial charge in [-0.2, -0.15) is 0 Å². The highest BCUT2D eigenvalue weighted by Gasteiger charge is 2.32. The van der Waals surface area contributed by atoms with Gasteiger partial charge in [0.1, 0.15) is 6.10 Å². The van der Waals surface area contributed by atoms with Gasteiger partial charge in [-0.1, -0.05) is 60.7 Å². The van der Waals surface area contributed by atoms with Crippen LogP contribution in [0.2, 0.25) is 0 Å². The second kappa shape index (κ2) is 11.7. The molecule has 2 fully saturated rings. The zero-order valence-corrected chi connectivity index (χ0v) is 19.9. The molecule has 2 aliphatic rings. The lowest BCUT2D eigenvalue weighted by molar-refractivity contribution is -0.0816. The van der Waals surface area contributed by atoms with Crippen LogP contribution in [-0.4, -0.2) is 63.0 Å². The summed E-state index contributed by atoms with van der Waals surface area (Å²) in [6.07, 6.45) is 2.57. The van der Waals surface area contributed by atoms with Gasteiger partial charge in [0, 0.05) is 39.2 Å². The first-order valence-electron chi connectivity index (χ1n) is 10.6. The van der Waals surface area contributed by atoms with Crippen molar-refractivity contribution in [1.82, 2.24) is 10.2 Å². The Morgan fingerprint density at radius 2 is 1.63 bits per heavy atom. The Bertz CT molecular complexity index is 742. The number of ether oxygens (including phenoxy) is 2. The number of nitrogens with one attached hydrogen (secondary N) is 1. The van der Waals surface area contributed by atoms with E-state index in [-0.39, 0.29) is 42.1 Å². The van der Waals surface area contributed by atoms with Crippen LogP contribution in [0.1, 0.15) is 29.9 Å². The molecule has 2 aromatic rings. The van der Waals surface area contributed by atoms with Gasteiger partial charge in [0.25, 0.3) is 0 Å². The van der Waals surface area contributed by atoms with E-state index >= 15 is 0 Å². The van der Waals surface area contributed by atoms with Crippen LogP contribution in [0.5, 0.6) is 0 Å². The van der Waals surface area contributed by atoms with Crippen LogP contribution >= 0.6 is 24.0 Å². The Hall–Kier alpha value is -1.64. The Morgan fingerprint density at radius 1 is 1.00 bits per heavy atom. The molecule has 0 saturated carbocycles. The molecule has 1 N–H and O–H groups in total. The van der Waals surface area contributed by atoms with E-state index in [1.54, 1.807) is 0 Å². The van der Waals surface area contributed by atoms with Gasteiger partial charge in [-0.3, -0.25) is 4.99 Å². The molecule has 0 spiro atoms. The Morgan fingerprint density at radius 3 is 2.20 bits per heavy atom. The second-order valence-electron chi connectivity index (χ2n) is 7.71. The number of aliphatic imine (C=N–C) groups is 1. The van der Waals surface area contributed by atoms with Crippen molar-refractivity contribution in [1.29, 1.82) is 0 Å². The number of hydrogen-bond donors (Lipinski definition) is 1. The smallest absolute Gasteiger partial charge is 0.193 e. The highest BCUT2D eigenvalue weighted by Crippen LogP contribution is 2.24. The lowest BCUT2D eigenvalue weighted by Gasteiger charge is -2.37. The summed E-state index contributed by atoms with van der Waals surface area (Å²) in [6, 6.07) is 21.3. The summed E-state index contributed by atoms with van der Waals surface area (Å²) in [4.78, 5) is 6.88. The minimum atomic E-state index is 0. The Kier molecular flexibility index (Phi) is 8.96. The van der Waals surface area contributed by atoms with Crippen LogP contribution in [0.3, 0.4) is 0 Å². The third kappa shape index (κ3) is 5.74. The van der Waals surface area contributed by atoms with Crippen molar-refractivity contribution in [2.45, 2.75) is 31.0 Å². The van der Waals surface area contributed by atoms with E-state index in [1.807, 2.05) is 7.05 Å². The van der Waals surface area contributed by atoms with Gasteiger partial charge in [0.15, 0.2) is 5.96 Å². The van der Waals surface area contributed by atoms with E-state index in [0.717, 1.165) is 45.0 Å². The average Bonchev–Trinajstić information content (AvgIpc) is 3.33. The molecule has 6 heteroatoms. The van der Waals surface area contributed by atoms with Crippen molar-refractivity contribution in [2.24, 2.45) is 4.99 Å². The standard InChI is InChI=1S/C24H31N3O2.HI/c1-25-24(27-14-16-29-23(18-27)22-13-8-15-28-22)26-17-21(19-9-4-2-5-10-19)20-11-6-3-7-12-20;/h2-7,9-12,21-23H,8,13-18H2,1H3,(H,25,26);1H. The van der Waals surface area contributed by atoms with E-state index < -0.39 is 0 Å². The minimum absolute atomic E-state index is 0. The van der Waals surface area contributed by atoms with Crippen LogP contribution in [0.15, 0.2) is 65.7 Å². The molecule has 30 heavy (non-hydrogen) atoms. The second-order valence-corrected chi connectivity index (χ2v) is 7.71. The van der Waals surface area contributed by atoms with Crippen LogP contribution in [-0.2, 0) is 9.47 Å². The van der Waals surface area contributed by atoms with Crippen molar-refractivity contribution >= 4 is 29.9 Å². The van der Waals surface area contributed by atoms with Gasteiger partial charge < -0.3 is 19.7 Å². The Labute approximate surface area is 196 Å². The lowest BCUT2D eigenvalue weighted by atomic mass is 9.91. The zero-order chi connectivity index (χ0) is 19.9. The highest BCUT2D eigenvalue weighted by atomic mass is 127. The maximum absolute atomic E-state index is 6.00. The average molecular weight is 521 g/mol. The number of morpholine rings is 1. The lowest BCUT2D eigenvalue weighted by Crippen LogP contribution is -2.53. The van der Waals surface area contributed by atoms with Gasteiger partial charge in [0.2, 0.25) is 0 Å². The summed E-state index contributed by atoms with van der Waals surface area (Å²) < 4.78 is 11.9. The van der Waals surface area contributed by atoms with Gasteiger partial charge in [-0.05, 0) is 24.0 Å². The molecule has 2 aliphatic heterocycles. The molecule has 0 aromatic heterocycles. The Balaban J connectivity index is 0.00000256. The molecular weight excluding hydrogens is 489 g/mol. The first-order chi connectivity index (χ1) is 14.3. The third-order valence-electron chi connectivity index (χ3n) is 5.85. The molecule has 0 aliphatic carbocycles. The maximum Gasteiger partial charge on any atom is 0.193 e. The number of nitrogens with zero attached hydrogens (tertiary/aromatic N) is 2. The number of halogens is 1. The fraction of sp³-hybridized carbons (Fsp3) is 0.458.